The molecule has 0 aliphatic heterocycles. The molecule has 0 heterocycles. The van der Waals surface area contributed by atoms with Crippen molar-refractivity contribution in [3.8, 4) is 0 Å². The largest absolute Gasteiger partial charge is 0.393 e. The SMILES string of the molecule is OC(Cc1ccc(F)cc1F)CC1CCC1. The van der Waals surface area contributed by atoms with E-state index in [0.29, 0.717) is 11.5 Å². The van der Waals surface area contributed by atoms with Crippen molar-refractivity contribution in [2.45, 2.75) is 38.2 Å². The van der Waals surface area contributed by atoms with Crippen LogP contribution in [0.2, 0.25) is 0 Å². The second-order valence-corrected chi connectivity index (χ2v) is 4.63. The minimum atomic E-state index is -0.574. The number of aliphatic hydroxyl groups excluding tert-OH is 1. The van der Waals surface area contributed by atoms with Gasteiger partial charge in [0.2, 0.25) is 0 Å². The average molecular weight is 226 g/mol. The van der Waals surface area contributed by atoms with Crippen molar-refractivity contribution in [2.75, 3.05) is 0 Å². The Morgan fingerprint density at radius 2 is 2.06 bits per heavy atom. The molecule has 1 atom stereocenters. The van der Waals surface area contributed by atoms with Gasteiger partial charge in [-0.05, 0) is 24.0 Å². The second kappa shape index (κ2) is 4.91. The van der Waals surface area contributed by atoms with Gasteiger partial charge < -0.3 is 5.11 Å². The lowest BCUT2D eigenvalue weighted by molar-refractivity contribution is 0.117. The van der Waals surface area contributed by atoms with E-state index in [1.165, 1.54) is 31.4 Å². The predicted molar refractivity (Wildman–Crippen MR) is 58.0 cm³/mol. The number of rotatable bonds is 4. The number of benzene rings is 1. The standard InChI is InChI=1S/C13H16F2O/c14-11-5-4-10(13(15)8-11)7-12(16)6-9-2-1-3-9/h4-5,8-9,12,16H,1-3,6-7H2. The first-order valence-electron chi connectivity index (χ1n) is 5.77. The smallest absolute Gasteiger partial charge is 0.129 e. The minimum Gasteiger partial charge on any atom is -0.393 e. The molecule has 1 nitrogen and oxygen atoms in total. The van der Waals surface area contributed by atoms with Crippen LogP contribution in [0.15, 0.2) is 18.2 Å². The van der Waals surface area contributed by atoms with E-state index in [4.69, 9.17) is 0 Å². The van der Waals surface area contributed by atoms with E-state index >= 15 is 0 Å². The molecule has 16 heavy (non-hydrogen) atoms. The molecule has 0 aromatic heterocycles. The molecule has 1 aromatic carbocycles. The highest BCUT2D eigenvalue weighted by atomic mass is 19.1. The molecule has 88 valence electrons. The molecule has 3 heteroatoms. The second-order valence-electron chi connectivity index (χ2n) is 4.63. The maximum Gasteiger partial charge on any atom is 0.129 e. The quantitative estimate of drug-likeness (QED) is 0.836. The molecule has 0 spiro atoms. The van der Waals surface area contributed by atoms with Gasteiger partial charge in [0.15, 0.2) is 0 Å². The summed E-state index contributed by atoms with van der Waals surface area (Å²) in [5.74, 6) is -0.541. The highest BCUT2D eigenvalue weighted by Gasteiger charge is 2.21. The number of hydrogen-bond acceptors (Lipinski definition) is 1. The van der Waals surface area contributed by atoms with E-state index in [2.05, 4.69) is 0 Å². The lowest BCUT2D eigenvalue weighted by Crippen LogP contribution is -2.21. The number of halogens is 2. The van der Waals surface area contributed by atoms with Gasteiger partial charge in [-0.1, -0.05) is 25.3 Å². The van der Waals surface area contributed by atoms with E-state index in [1.54, 1.807) is 0 Å². The van der Waals surface area contributed by atoms with Crippen molar-refractivity contribution in [3.05, 3.63) is 35.4 Å². The maximum atomic E-state index is 13.3. The van der Waals surface area contributed by atoms with Crippen LogP contribution in [-0.4, -0.2) is 11.2 Å². The van der Waals surface area contributed by atoms with Crippen LogP contribution in [-0.2, 0) is 6.42 Å². The van der Waals surface area contributed by atoms with Crippen LogP contribution in [0.25, 0.3) is 0 Å². The van der Waals surface area contributed by atoms with Crippen molar-refractivity contribution in [1.29, 1.82) is 0 Å². The summed E-state index contributed by atoms with van der Waals surface area (Å²) in [6, 6.07) is 3.51. The van der Waals surface area contributed by atoms with Gasteiger partial charge in [0, 0.05) is 12.5 Å². The topological polar surface area (TPSA) is 20.2 Å². The van der Waals surface area contributed by atoms with Crippen LogP contribution in [0.1, 0.15) is 31.2 Å². The molecule has 1 aliphatic rings. The third kappa shape index (κ3) is 2.79. The molecule has 0 radical (unpaired) electrons. The fraction of sp³-hybridized carbons (Fsp3) is 0.538. The zero-order chi connectivity index (χ0) is 11.5. The van der Waals surface area contributed by atoms with Crippen molar-refractivity contribution >= 4 is 0 Å². The summed E-state index contributed by atoms with van der Waals surface area (Å²) in [5.41, 5.74) is 0.397. The summed E-state index contributed by atoms with van der Waals surface area (Å²) >= 11 is 0. The van der Waals surface area contributed by atoms with Gasteiger partial charge in [0.05, 0.1) is 6.10 Å². The van der Waals surface area contributed by atoms with Crippen LogP contribution in [0.4, 0.5) is 8.78 Å². The lowest BCUT2D eigenvalue weighted by atomic mass is 9.80. The number of hydrogen-bond donors (Lipinski definition) is 1. The molecule has 1 aromatic rings. The molecule has 1 unspecified atom stereocenters. The molecule has 1 aliphatic carbocycles. The van der Waals surface area contributed by atoms with Crippen LogP contribution >= 0.6 is 0 Å². The fourth-order valence-corrected chi connectivity index (χ4v) is 2.14. The molecule has 0 amide bonds. The fourth-order valence-electron chi connectivity index (χ4n) is 2.14. The van der Waals surface area contributed by atoms with Gasteiger partial charge in [-0.3, -0.25) is 0 Å². The Balaban J connectivity index is 1.91. The van der Waals surface area contributed by atoms with E-state index in [-0.39, 0.29) is 6.42 Å². The molecule has 2 rings (SSSR count). The Morgan fingerprint density at radius 1 is 1.31 bits per heavy atom. The number of aliphatic hydroxyl groups is 1. The van der Waals surface area contributed by atoms with Crippen molar-refractivity contribution in [1.82, 2.24) is 0 Å². The summed E-state index contributed by atoms with van der Waals surface area (Å²) in [5, 5.41) is 9.77. The lowest BCUT2D eigenvalue weighted by Gasteiger charge is -2.27. The van der Waals surface area contributed by atoms with Crippen molar-refractivity contribution in [3.63, 3.8) is 0 Å². The first-order valence-corrected chi connectivity index (χ1v) is 5.77. The molecule has 1 N–H and O–H groups in total. The predicted octanol–water partition coefficient (Wildman–Crippen LogP) is 3.06. The summed E-state index contributed by atoms with van der Waals surface area (Å²) in [4.78, 5) is 0. The van der Waals surface area contributed by atoms with Crippen molar-refractivity contribution in [2.24, 2.45) is 5.92 Å². The van der Waals surface area contributed by atoms with E-state index in [9.17, 15) is 13.9 Å². The highest BCUT2D eigenvalue weighted by Crippen LogP contribution is 2.31. The Labute approximate surface area is 94.1 Å². The molecule has 1 fully saturated rings. The van der Waals surface area contributed by atoms with Gasteiger partial charge in [-0.25, -0.2) is 8.78 Å². The summed E-state index contributed by atoms with van der Waals surface area (Å²) in [6.45, 7) is 0. The molecule has 0 bridgehead atoms. The highest BCUT2D eigenvalue weighted by molar-refractivity contribution is 5.19. The van der Waals surface area contributed by atoms with Gasteiger partial charge in [0.25, 0.3) is 0 Å². The zero-order valence-electron chi connectivity index (χ0n) is 9.13. The molecule has 1 saturated carbocycles. The monoisotopic (exact) mass is 226 g/mol. The molecule has 0 saturated heterocycles. The third-order valence-corrected chi connectivity index (χ3v) is 3.30. The van der Waals surface area contributed by atoms with Crippen molar-refractivity contribution < 1.29 is 13.9 Å². The van der Waals surface area contributed by atoms with E-state index in [1.807, 2.05) is 0 Å². The van der Waals surface area contributed by atoms with E-state index < -0.39 is 17.7 Å². The summed E-state index contributed by atoms with van der Waals surface area (Å²) in [7, 11) is 0. The van der Waals surface area contributed by atoms with Gasteiger partial charge in [-0.2, -0.15) is 0 Å². The first-order chi connectivity index (χ1) is 7.65. The van der Waals surface area contributed by atoms with E-state index in [0.717, 1.165) is 12.5 Å². The summed E-state index contributed by atoms with van der Waals surface area (Å²) in [6.07, 6.45) is 4.08. The van der Waals surface area contributed by atoms with Crippen LogP contribution in [0, 0.1) is 17.6 Å². The first kappa shape index (κ1) is 11.5. The summed E-state index contributed by atoms with van der Waals surface area (Å²) < 4.78 is 25.9. The third-order valence-electron chi connectivity index (χ3n) is 3.30. The Kier molecular flexibility index (Phi) is 3.54. The minimum absolute atomic E-state index is 0.280. The van der Waals surface area contributed by atoms with Crippen LogP contribution < -0.4 is 0 Å². The van der Waals surface area contributed by atoms with Gasteiger partial charge >= 0.3 is 0 Å². The average Bonchev–Trinajstić information content (AvgIpc) is 2.16. The van der Waals surface area contributed by atoms with Gasteiger partial charge in [0.1, 0.15) is 11.6 Å². The molecular weight excluding hydrogens is 210 g/mol. The Hall–Kier alpha value is -0.960. The molecular formula is C13H16F2O. The van der Waals surface area contributed by atoms with Crippen LogP contribution in [0.3, 0.4) is 0 Å². The van der Waals surface area contributed by atoms with Gasteiger partial charge in [-0.15, -0.1) is 0 Å². The van der Waals surface area contributed by atoms with Crippen LogP contribution in [0.5, 0.6) is 0 Å². The Bertz CT molecular complexity index is 361. The zero-order valence-corrected chi connectivity index (χ0v) is 9.13. The maximum absolute atomic E-state index is 13.3. The normalized spacial score (nSPS) is 18.2. The Morgan fingerprint density at radius 3 is 2.62 bits per heavy atom.